The van der Waals surface area contributed by atoms with E-state index in [2.05, 4.69) is 5.16 Å². The lowest BCUT2D eigenvalue weighted by molar-refractivity contribution is 0.0512. The number of halogens is 2. The number of anilines is 1. The lowest BCUT2D eigenvalue weighted by Gasteiger charge is -2.21. The first kappa shape index (κ1) is 21.1. The number of hydrogen-bond donors (Lipinski definition) is 0. The maximum Gasteiger partial charge on any atom is 0.413 e. The van der Waals surface area contributed by atoms with Gasteiger partial charge < -0.3 is 14.0 Å². The summed E-state index contributed by atoms with van der Waals surface area (Å²) in [4.78, 5) is 39.0. The highest BCUT2D eigenvalue weighted by molar-refractivity contribution is 6.44. The fourth-order valence-electron chi connectivity index (χ4n) is 2.90. The van der Waals surface area contributed by atoms with Gasteiger partial charge in [-0.1, -0.05) is 28.4 Å². The molecule has 1 aliphatic carbocycles. The Morgan fingerprint density at radius 1 is 1.28 bits per heavy atom. The van der Waals surface area contributed by atoms with Crippen LogP contribution in [0.4, 0.5) is 10.5 Å². The molecule has 154 valence electrons. The Kier molecular flexibility index (Phi) is 6.14. The van der Waals surface area contributed by atoms with Crippen LogP contribution in [0, 0.1) is 0 Å². The van der Waals surface area contributed by atoms with Crippen molar-refractivity contribution in [2.75, 3.05) is 25.7 Å². The van der Waals surface area contributed by atoms with E-state index < -0.39 is 17.8 Å². The minimum absolute atomic E-state index is 0.00357. The highest BCUT2D eigenvalue weighted by atomic mass is 35.5. The topological polar surface area (TPSA) is 98.9 Å². The van der Waals surface area contributed by atoms with E-state index >= 15 is 0 Å². The van der Waals surface area contributed by atoms with Gasteiger partial charge in [-0.05, 0) is 31.9 Å². The normalized spacial score (nSPS) is 13.1. The van der Waals surface area contributed by atoms with E-state index in [1.807, 2.05) is 0 Å². The maximum atomic E-state index is 13.5. The second kappa shape index (κ2) is 8.42. The van der Waals surface area contributed by atoms with Gasteiger partial charge in [0, 0.05) is 18.5 Å². The Bertz CT molecular complexity index is 983. The number of nitrogens with zero attached hydrogens (tertiary/aromatic N) is 2. The number of benzene rings is 1. The third-order valence-corrected chi connectivity index (χ3v) is 5.25. The van der Waals surface area contributed by atoms with E-state index in [9.17, 15) is 14.4 Å². The van der Waals surface area contributed by atoms with Crippen molar-refractivity contribution in [3.8, 4) is 0 Å². The molecule has 0 N–H and O–H groups in total. The number of aromatic nitrogens is 1. The lowest BCUT2D eigenvalue weighted by Crippen LogP contribution is -2.28. The van der Waals surface area contributed by atoms with E-state index in [-0.39, 0.29) is 45.1 Å². The Morgan fingerprint density at radius 2 is 1.97 bits per heavy atom. The summed E-state index contributed by atoms with van der Waals surface area (Å²) >= 11 is 12.4. The van der Waals surface area contributed by atoms with Crippen LogP contribution in [-0.4, -0.2) is 43.8 Å². The number of hydrogen-bond acceptors (Lipinski definition) is 7. The van der Waals surface area contributed by atoms with Crippen molar-refractivity contribution < 1.29 is 28.4 Å². The van der Waals surface area contributed by atoms with Crippen LogP contribution in [0.5, 0.6) is 0 Å². The number of methoxy groups -OCH3 is 1. The van der Waals surface area contributed by atoms with Crippen LogP contribution in [-0.2, 0) is 9.47 Å². The molecule has 1 aromatic carbocycles. The highest BCUT2D eigenvalue weighted by Crippen LogP contribution is 2.44. The summed E-state index contributed by atoms with van der Waals surface area (Å²) in [6.45, 7) is 1.75. The standard InChI is InChI=1S/C19H18Cl2N2O6/c1-4-28-18(25)14-12(17(29-22-14)9-5-6-9)16(24)10-7-8-11(20)13(21)15(10)23(2)19(26)27-3/h7-9H,4-6H2,1-3H3. The van der Waals surface area contributed by atoms with E-state index in [4.69, 9.17) is 37.2 Å². The maximum absolute atomic E-state index is 13.5. The fourth-order valence-corrected chi connectivity index (χ4v) is 3.34. The zero-order chi connectivity index (χ0) is 21.3. The van der Waals surface area contributed by atoms with Gasteiger partial charge in [-0.25, -0.2) is 9.59 Å². The molecule has 1 amide bonds. The highest BCUT2D eigenvalue weighted by Gasteiger charge is 2.38. The quantitative estimate of drug-likeness (QED) is 0.482. The molecular formula is C19H18Cl2N2O6. The molecule has 0 saturated heterocycles. The van der Waals surface area contributed by atoms with Gasteiger partial charge in [0.1, 0.15) is 5.56 Å². The molecule has 0 atom stereocenters. The zero-order valence-electron chi connectivity index (χ0n) is 16.0. The molecule has 1 aliphatic rings. The molecule has 1 saturated carbocycles. The van der Waals surface area contributed by atoms with Crippen LogP contribution < -0.4 is 4.90 Å². The number of esters is 1. The van der Waals surface area contributed by atoms with Gasteiger partial charge in [0.05, 0.1) is 29.4 Å². The third kappa shape index (κ3) is 3.95. The zero-order valence-corrected chi connectivity index (χ0v) is 17.5. The second-order valence-corrected chi connectivity index (χ2v) is 7.17. The largest absolute Gasteiger partial charge is 0.461 e. The summed E-state index contributed by atoms with van der Waals surface area (Å²) in [6, 6.07) is 2.85. The predicted octanol–water partition coefficient (Wildman–Crippen LogP) is 4.47. The molecule has 0 spiro atoms. The number of ketones is 1. The summed E-state index contributed by atoms with van der Waals surface area (Å²) in [5, 5.41) is 3.91. The van der Waals surface area contributed by atoms with Gasteiger partial charge in [0.15, 0.2) is 5.76 Å². The van der Waals surface area contributed by atoms with Crippen molar-refractivity contribution in [2.24, 2.45) is 0 Å². The molecule has 0 radical (unpaired) electrons. The SMILES string of the molecule is CCOC(=O)c1noc(C2CC2)c1C(=O)c1ccc(Cl)c(Cl)c1N(C)C(=O)OC. The minimum atomic E-state index is -0.769. The molecule has 29 heavy (non-hydrogen) atoms. The molecule has 0 unspecified atom stereocenters. The molecule has 10 heteroatoms. The Balaban J connectivity index is 2.17. The number of ether oxygens (including phenoxy) is 2. The molecule has 0 bridgehead atoms. The van der Waals surface area contributed by atoms with E-state index in [1.165, 1.54) is 26.3 Å². The number of carbonyl (C=O) groups excluding carboxylic acids is 3. The third-order valence-electron chi connectivity index (χ3n) is 4.46. The molecule has 3 rings (SSSR count). The minimum Gasteiger partial charge on any atom is -0.461 e. The van der Waals surface area contributed by atoms with Crippen LogP contribution in [0.25, 0.3) is 0 Å². The first-order valence-corrected chi connectivity index (χ1v) is 9.58. The van der Waals surface area contributed by atoms with Crippen LogP contribution in [0.1, 0.15) is 57.9 Å². The molecule has 2 aromatic rings. The Hall–Kier alpha value is -2.58. The average Bonchev–Trinajstić information content (AvgIpc) is 3.46. The van der Waals surface area contributed by atoms with Crippen molar-refractivity contribution in [1.29, 1.82) is 0 Å². The number of amides is 1. The Labute approximate surface area is 176 Å². The molecular weight excluding hydrogens is 423 g/mol. The molecule has 0 aliphatic heterocycles. The fraction of sp³-hybridized carbons (Fsp3) is 0.368. The molecule has 1 fully saturated rings. The van der Waals surface area contributed by atoms with Gasteiger partial charge in [-0.15, -0.1) is 0 Å². The van der Waals surface area contributed by atoms with Crippen molar-refractivity contribution in [3.05, 3.63) is 44.8 Å². The van der Waals surface area contributed by atoms with Gasteiger partial charge in [-0.3, -0.25) is 9.69 Å². The van der Waals surface area contributed by atoms with Crippen LogP contribution in [0.15, 0.2) is 16.7 Å². The van der Waals surface area contributed by atoms with E-state index in [1.54, 1.807) is 6.92 Å². The first-order valence-electron chi connectivity index (χ1n) is 8.82. The summed E-state index contributed by atoms with van der Waals surface area (Å²) in [5.41, 5.74) is -0.114. The van der Waals surface area contributed by atoms with Crippen molar-refractivity contribution in [1.82, 2.24) is 5.16 Å². The van der Waals surface area contributed by atoms with Crippen molar-refractivity contribution in [2.45, 2.75) is 25.7 Å². The summed E-state index contributed by atoms with van der Waals surface area (Å²) in [7, 11) is 2.59. The van der Waals surface area contributed by atoms with Gasteiger partial charge in [-0.2, -0.15) is 0 Å². The predicted molar refractivity (Wildman–Crippen MR) is 105 cm³/mol. The molecule has 8 nitrogen and oxygen atoms in total. The summed E-state index contributed by atoms with van der Waals surface area (Å²) in [5.74, 6) is -1.04. The van der Waals surface area contributed by atoms with Crippen LogP contribution in [0.3, 0.4) is 0 Å². The Morgan fingerprint density at radius 3 is 2.55 bits per heavy atom. The van der Waals surface area contributed by atoms with Gasteiger partial charge >= 0.3 is 12.1 Å². The smallest absolute Gasteiger partial charge is 0.413 e. The van der Waals surface area contributed by atoms with Crippen molar-refractivity contribution >= 4 is 46.7 Å². The summed E-state index contributed by atoms with van der Waals surface area (Å²) in [6.07, 6.45) is 0.879. The molecule has 1 aromatic heterocycles. The van der Waals surface area contributed by atoms with Crippen LogP contribution >= 0.6 is 23.2 Å². The lowest BCUT2D eigenvalue weighted by atomic mass is 9.97. The van der Waals surface area contributed by atoms with Crippen molar-refractivity contribution in [3.63, 3.8) is 0 Å². The second-order valence-electron chi connectivity index (χ2n) is 6.38. The van der Waals surface area contributed by atoms with E-state index in [0.29, 0.717) is 5.76 Å². The average molecular weight is 441 g/mol. The van der Waals surface area contributed by atoms with Gasteiger partial charge in [0.2, 0.25) is 11.5 Å². The van der Waals surface area contributed by atoms with E-state index in [0.717, 1.165) is 17.7 Å². The van der Waals surface area contributed by atoms with Crippen LogP contribution in [0.2, 0.25) is 10.0 Å². The number of rotatable bonds is 6. The summed E-state index contributed by atoms with van der Waals surface area (Å²) < 4.78 is 15.0. The van der Waals surface area contributed by atoms with Gasteiger partial charge in [0.25, 0.3) is 0 Å². The number of carbonyl (C=O) groups is 3. The molecule has 1 heterocycles. The monoisotopic (exact) mass is 440 g/mol. The first-order chi connectivity index (χ1) is 13.8.